The molecule has 0 atom stereocenters. The Hall–Kier alpha value is -2.38. The minimum Gasteiger partial charge on any atom is -0.287 e. The number of amides is 1. The monoisotopic (exact) mass is 375 g/mol. The van der Waals surface area contributed by atoms with Crippen LogP contribution in [0.4, 0.5) is 10.8 Å². The van der Waals surface area contributed by atoms with Crippen LogP contribution in [0.3, 0.4) is 0 Å². The summed E-state index contributed by atoms with van der Waals surface area (Å²) < 4.78 is 0. The van der Waals surface area contributed by atoms with Crippen LogP contribution in [0.1, 0.15) is 26.5 Å². The Bertz CT molecular complexity index is 868. The molecule has 25 heavy (non-hydrogen) atoms. The summed E-state index contributed by atoms with van der Waals surface area (Å²) in [5.41, 5.74) is 7.76. The van der Waals surface area contributed by atoms with Crippen molar-refractivity contribution in [1.29, 1.82) is 0 Å². The van der Waals surface area contributed by atoms with Crippen LogP contribution < -0.4 is 15.9 Å². The van der Waals surface area contributed by atoms with Crippen molar-refractivity contribution in [3.8, 4) is 0 Å². The molecular weight excluding hydrogens is 358 g/mol. The molecule has 1 aliphatic heterocycles. The molecule has 1 amide bonds. The third kappa shape index (κ3) is 3.52. The molecular formula is C17H18ClN5OS. The molecule has 0 bridgehead atoms. The number of carbonyl (C=O) groups is 1. The molecule has 1 aromatic carbocycles. The Morgan fingerprint density at radius 1 is 1.36 bits per heavy atom. The maximum absolute atomic E-state index is 12.6. The van der Waals surface area contributed by atoms with Gasteiger partial charge in [0.2, 0.25) is 5.13 Å². The lowest BCUT2D eigenvalue weighted by Gasteiger charge is -2.15. The predicted octanol–water partition coefficient (Wildman–Crippen LogP) is 3.93. The van der Waals surface area contributed by atoms with E-state index < -0.39 is 0 Å². The molecule has 0 radical (unpaired) electrons. The Balaban J connectivity index is 1.82. The number of aromatic nitrogens is 1. The molecule has 1 saturated heterocycles. The molecule has 0 saturated carbocycles. The van der Waals surface area contributed by atoms with Crippen LogP contribution in [0.25, 0.3) is 0 Å². The van der Waals surface area contributed by atoms with E-state index in [4.69, 9.17) is 11.6 Å². The molecule has 8 heteroatoms. The van der Waals surface area contributed by atoms with E-state index in [1.165, 1.54) is 16.3 Å². The smallest absolute Gasteiger partial charge is 0.287 e. The third-order valence-electron chi connectivity index (χ3n) is 3.55. The van der Waals surface area contributed by atoms with Crippen molar-refractivity contribution in [2.75, 3.05) is 10.4 Å². The fourth-order valence-electron chi connectivity index (χ4n) is 2.10. The molecule has 3 rings (SSSR count). The number of rotatable bonds is 3. The first kappa shape index (κ1) is 17.4. The van der Waals surface area contributed by atoms with Gasteiger partial charge in [0.15, 0.2) is 5.71 Å². The average molecular weight is 376 g/mol. The van der Waals surface area contributed by atoms with Crippen molar-refractivity contribution in [2.45, 2.75) is 26.2 Å². The van der Waals surface area contributed by atoms with E-state index in [0.717, 1.165) is 5.69 Å². The predicted molar refractivity (Wildman–Crippen MR) is 103 cm³/mol. The zero-order valence-electron chi connectivity index (χ0n) is 14.1. The Morgan fingerprint density at radius 2 is 2.08 bits per heavy atom. The van der Waals surface area contributed by atoms with Crippen molar-refractivity contribution in [2.24, 2.45) is 5.10 Å². The number of hydrogen-bond donors (Lipinski definition) is 2. The highest BCUT2D eigenvalue weighted by Gasteiger charge is 2.34. The second-order valence-corrected chi connectivity index (χ2v) is 7.79. The highest BCUT2D eigenvalue weighted by molar-refractivity contribution is 7.14. The molecule has 1 aromatic heterocycles. The van der Waals surface area contributed by atoms with Gasteiger partial charge in [-0.15, -0.1) is 11.3 Å². The zero-order chi connectivity index (χ0) is 18.2. The summed E-state index contributed by atoms with van der Waals surface area (Å²) in [6, 6.07) is 7.16. The molecule has 2 N–H and O–H groups in total. The molecule has 0 unspecified atom stereocenters. The lowest BCUT2D eigenvalue weighted by molar-refractivity contribution is -0.112. The van der Waals surface area contributed by atoms with Gasteiger partial charge in [-0.25, -0.2) is 4.98 Å². The van der Waals surface area contributed by atoms with Gasteiger partial charge in [0.25, 0.3) is 0 Å². The van der Waals surface area contributed by atoms with E-state index in [9.17, 15) is 4.79 Å². The van der Waals surface area contributed by atoms with E-state index in [1.54, 1.807) is 12.1 Å². The number of hydrazine groups is 1. The van der Waals surface area contributed by atoms with Crippen molar-refractivity contribution >= 4 is 45.4 Å². The number of hydrogen-bond acceptors (Lipinski definition) is 6. The first-order valence-electron chi connectivity index (χ1n) is 7.62. The fourth-order valence-corrected chi connectivity index (χ4v) is 3.29. The highest BCUT2D eigenvalue weighted by Crippen LogP contribution is 2.30. The summed E-state index contributed by atoms with van der Waals surface area (Å²) in [6.07, 6.45) is 0. The fraction of sp³-hybridized carbons (Fsp3) is 0.235. The Morgan fingerprint density at radius 3 is 2.72 bits per heavy atom. The summed E-state index contributed by atoms with van der Waals surface area (Å²) in [6.45, 7) is 10.1. The second-order valence-electron chi connectivity index (χ2n) is 6.55. The van der Waals surface area contributed by atoms with Gasteiger partial charge in [-0.3, -0.25) is 15.6 Å². The Kier molecular flexibility index (Phi) is 4.53. The van der Waals surface area contributed by atoms with E-state index >= 15 is 0 Å². The van der Waals surface area contributed by atoms with Gasteiger partial charge in [-0.1, -0.05) is 51.1 Å². The maximum Gasteiger partial charge on any atom is 0.301 e. The number of nitrogens with one attached hydrogen (secondary N) is 2. The summed E-state index contributed by atoms with van der Waals surface area (Å²) in [5, 5.41) is 8.53. The maximum atomic E-state index is 12.6. The third-order valence-corrected chi connectivity index (χ3v) is 4.71. The standard InChI is InChI=1S/C17H18ClN5OS/c1-10-14(21-20-12-8-6-5-7-11(12)18)15(24)23(22-10)16-19-13(9-25-16)17(2,3)4/h5-9,20,22H,1H2,2-4H3. The van der Waals surface area contributed by atoms with Gasteiger partial charge >= 0.3 is 5.91 Å². The van der Waals surface area contributed by atoms with Crippen LogP contribution in [-0.4, -0.2) is 16.6 Å². The number of halogens is 1. The summed E-state index contributed by atoms with van der Waals surface area (Å²) in [7, 11) is 0. The van der Waals surface area contributed by atoms with E-state index in [2.05, 4.69) is 48.3 Å². The van der Waals surface area contributed by atoms with Crippen molar-refractivity contribution in [1.82, 2.24) is 10.4 Å². The molecule has 6 nitrogen and oxygen atoms in total. The zero-order valence-corrected chi connectivity index (χ0v) is 15.7. The molecule has 1 fully saturated rings. The van der Waals surface area contributed by atoms with Gasteiger partial charge in [-0.2, -0.15) is 10.1 Å². The Labute approximate surface area is 155 Å². The average Bonchev–Trinajstić information content (AvgIpc) is 3.13. The molecule has 2 heterocycles. The van der Waals surface area contributed by atoms with Crippen LogP contribution in [0.2, 0.25) is 5.02 Å². The number of carbonyl (C=O) groups excluding carboxylic acids is 1. The lowest BCUT2D eigenvalue weighted by Crippen LogP contribution is -2.34. The van der Waals surface area contributed by atoms with E-state index in [-0.39, 0.29) is 17.0 Å². The topological polar surface area (TPSA) is 69.6 Å². The number of para-hydroxylation sites is 1. The molecule has 1 aliphatic rings. The van der Waals surface area contributed by atoms with Crippen LogP contribution in [0.5, 0.6) is 0 Å². The van der Waals surface area contributed by atoms with Crippen LogP contribution >= 0.6 is 22.9 Å². The normalized spacial score (nSPS) is 16.5. The van der Waals surface area contributed by atoms with Crippen LogP contribution in [-0.2, 0) is 10.2 Å². The number of thiazole rings is 1. The minimum atomic E-state index is -0.320. The molecule has 2 aromatic rings. The molecule has 130 valence electrons. The minimum absolute atomic E-state index is 0.0862. The second kappa shape index (κ2) is 6.50. The van der Waals surface area contributed by atoms with Crippen molar-refractivity contribution in [3.05, 3.63) is 52.6 Å². The van der Waals surface area contributed by atoms with Gasteiger partial charge < -0.3 is 0 Å². The van der Waals surface area contributed by atoms with Gasteiger partial charge in [0, 0.05) is 10.8 Å². The largest absolute Gasteiger partial charge is 0.301 e. The van der Waals surface area contributed by atoms with Gasteiger partial charge in [0.05, 0.1) is 22.1 Å². The number of hydrazone groups is 1. The van der Waals surface area contributed by atoms with Gasteiger partial charge in [-0.05, 0) is 12.1 Å². The summed E-state index contributed by atoms with van der Waals surface area (Å²) in [4.78, 5) is 17.2. The number of benzene rings is 1. The van der Waals surface area contributed by atoms with E-state index in [1.807, 2.05) is 17.5 Å². The first-order valence-corrected chi connectivity index (χ1v) is 8.88. The number of anilines is 2. The molecule has 0 spiro atoms. The van der Waals surface area contributed by atoms with Gasteiger partial charge in [0.1, 0.15) is 0 Å². The number of nitrogens with zero attached hydrogens (tertiary/aromatic N) is 3. The summed E-state index contributed by atoms with van der Waals surface area (Å²) in [5.74, 6) is -0.320. The quantitative estimate of drug-likeness (QED) is 0.797. The lowest BCUT2D eigenvalue weighted by atomic mass is 9.93. The van der Waals surface area contributed by atoms with Crippen molar-refractivity contribution in [3.63, 3.8) is 0 Å². The van der Waals surface area contributed by atoms with E-state index in [0.29, 0.717) is 21.5 Å². The van der Waals surface area contributed by atoms with Crippen LogP contribution in [0.15, 0.2) is 47.0 Å². The first-order chi connectivity index (χ1) is 11.8. The SMILES string of the molecule is C=C1NN(c2nc(C(C)(C)C)cs2)C(=O)C1=NNc1ccccc1Cl. The van der Waals surface area contributed by atoms with Crippen molar-refractivity contribution < 1.29 is 4.79 Å². The summed E-state index contributed by atoms with van der Waals surface area (Å²) >= 11 is 7.47. The highest BCUT2D eigenvalue weighted by atomic mass is 35.5. The van der Waals surface area contributed by atoms with Crippen LogP contribution in [0, 0.1) is 0 Å². The molecule has 0 aliphatic carbocycles.